The minimum Gasteiger partial charge on any atom is -0.391 e. The van der Waals surface area contributed by atoms with Gasteiger partial charge in [0.15, 0.2) is 11.6 Å². The fourth-order valence-corrected chi connectivity index (χ4v) is 10.8. The molecule has 0 aromatic heterocycles. The smallest absolute Gasteiger partial charge is 0.226 e. The molecule has 0 radical (unpaired) electrons. The zero-order valence-corrected chi connectivity index (χ0v) is 27.5. The average molecular weight is 593 g/mol. The Balaban J connectivity index is 1.59. The number of nitriles is 1. The number of hydrogen-bond donors (Lipinski definition) is 3. The summed E-state index contributed by atoms with van der Waals surface area (Å²) in [5, 5.41) is 36.2. The van der Waals surface area contributed by atoms with Crippen molar-refractivity contribution in [1.29, 1.82) is 5.26 Å². The summed E-state index contributed by atoms with van der Waals surface area (Å²) in [6, 6.07) is 2.14. The van der Waals surface area contributed by atoms with Crippen LogP contribution in [0.25, 0.3) is 0 Å². The van der Waals surface area contributed by atoms with E-state index in [0.717, 1.165) is 37.7 Å². The number of aliphatic hydroxyl groups excluding tert-OH is 1. The van der Waals surface area contributed by atoms with E-state index in [2.05, 4.69) is 39.1 Å². The number of Topliss-reactive ketones (excluding diaryl/α,β-unsaturated/α-hetero) is 1. The molecule has 0 aromatic rings. The molecule has 9 unspecified atom stereocenters. The summed E-state index contributed by atoms with van der Waals surface area (Å²) in [7, 11) is 0. The van der Waals surface area contributed by atoms with Crippen molar-refractivity contribution in [2.24, 2.45) is 44.3 Å². The number of carbonyl (C=O) groups excluding carboxylic acids is 3. The maximum atomic E-state index is 14.6. The zero-order chi connectivity index (χ0) is 32.0. The van der Waals surface area contributed by atoms with E-state index in [9.17, 15) is 29.9 Å². The van der Waals surface area contributed by atoms with Gasteiger partial charge in [-0.2, -0.15) is 5.26 Å². The second-order valence-corrected chi connectivity index (χ2v) is 16.6. The maximum absolute atomic E-state index is 14.6. The van der Waals surface area contributed by atoms with Gasteiger partial charge in [0.25, 0.3) is 0 Å². The monoisotopic (exact) mass is 592 g/mol. The third kappa shape index (κ3) is 4.07. The highest BCUT2D eigenvalue weighted by atomic mass is 16.3. The normalized spacial score (nSPS) is 45.7. The molecule has 7 heteroatoms. The van der Waals surface area contributed by atoms with Crippen LogP contribution in [0.1, 0.15) is 113 Å². The molecule has 0 heterocycles. The van der Waals surface area contributed by atoms with Crippen LogP contribution in [0.4, 0.5) is 0 Å². The number of ketones is 2. The highest BCUT2D eigenvalue weighted by Gasteiger charge is 2.75. The maximum Gasteiger partial charge on any atom is 0.226 e. The van der Waals surface area contributed by atoms with E-state index in [1.165, 1.54) is 0 Å². The van der Waals surface area contributed by atoms with Crippen molar-refractivity contribution in [2.45, 2.75) is 125 Å². The molecule has 236 valence electrons. The summed E-state index contributed by atoms with van der Waals surface area (Å²) < 4.78 is 0. The lowest BCUT2D eigenvalue weighted by Crippen LogP contribution is -2.74. The van der Waals surface area contributed by atoms with Crippen molar-refractivity contribution in [3.8, 4) is 6.07 Å². The Kier molecular flexibility index (Phi) is 7.35. The van der Waals surface area contributed by atoms with E-state index in [-0.39, 0.29) is 40.9 Å². The van der Waals surface area contributed by atoms with Crippen LogP contribution >= 0.6 is 0 Å². The molecule has 43 heavy (non-hydrogen) atoms. The number of aliphatic hydroxyl groups is 2. The first-order chi connectivity index (χ1) is 19.8. The molecule has 7 nitrogen and oxygen atoms in total. The molecule has 3 N–H and O–H groups in total. The predicted octanol–water partition coefficient (Wildman–Crippen LogP) is 5.60. The molecule has 0 bridgehead atoms. The minimum absolute atomic E-state index is 0.0647. The standard InChI is InChI=1S/C36H52N2O5/c1-9-10-23(39)21-38-29(42)32(5)14-13-31(4)15-16-35(8)34(7)12-11-24-30(2,3)28(41)22(20-37)18-33(24,6)25(34)17-27(40)36(35,43)26(31)19-32/h17-18,23-24,26,39,43H,9-16,19,21H2,1-8H3,(H,38,42). The number of nitrogens with zero attached hydrogens (tertiary/aromatic N) is 1. The fourth-order valence-electron chi connectivity index (χ4n) is 10.8. The van der Waals surface area contributed by atoms with Gasteiger partial charge in [0, 0.05) is 34.1 Å². The number of carbonyl (C=O) groups is 3. The van der Waals surface area contributed by atoms with E-state index in [1.54, 1.807) is 6.08 Å². The van der Waals surface area contributed by atoms with Crippen LogP contribution in [-0.2, 0) is 14.4 Å². The van der Waals surface area contributed by atoms with Gasteiger partial charge in [0.2, 0.25) is 5.91 Å². The van der Waals surface area contributed by atoms with Crippen molar-refractivity contribution < 1.29 is 24.6 Å². The first-order valence-corrected chi connectivity index (χ1v) is 16.4. The molecule has 1 amide bonds. The number of amides is 1. The van der Waals surface area contributed by atoms with Crippen molar-refractivity contribution in [3.05, 3.63) is 23.3 Å². The number of fused-ring (bicyclic) bond motifs is 7. The molecule has 0 aromatic carbocycles. The Morgan fingerprint density at radius 1 is 1.05 bits per heavy atom. The SMILES string of the molecule is CCCC(O)CNC(=O)C1(C)CCC2(C)CCC3(C)C4(C)CCC5C(C)(C)C(=O)C(C#N)=CC5(C)C4=CC(=O)C3(O)C2C1. The largest absolute Gasteiger partial charge is 0.391 e. The molecule has 5 aliphatic carbocycles. The lowest BCUT2D eigenvalue weighted by atomic mass is 9.33. The van der Waals surface area contributed by atoms with E-state index in [4.69, 9.17) is 0 Å². The Morgan fingerprint density at radius 2 is 1.70 bits per heavy atom. The van der Waals surface area contributed by atoms with Crippen molar-refractivity contribution in [3.63, 3.8) is 0 Å². The summed E-state index contributed by atoms with van der Waals surface area (Å²) in [5.41, 5.74) is -4.38. The second-order valence-electron chi connectivity index (χ2n) is 16.6. The van der Waals surface area contributed by atoms with Gasteiger partial charge in [-0.1, -0.05) is 67.9 Å². The van der Waals surface area contributed by atoms with Gasteiger partial charge in [0.1, 0.15) is 11.7 Å². The lowest BCUT2D eigenvalue weighted by Gasteiger charge is -2.71. The molecule has 5 rings (SSSR count). The quantitative estimate of drug-likeness (QED) is 0.382. The molecule has 0 saturated heterocycles. The van der Waals surface area contributed by atoms with E-state index in [0.29, 0.717) is 25.7 Å². The summed E-state index contributed by atoms with van der Waals surface area (Å²) in [6.07, 6.45) is 9.17. The van der Waals surface area contributed by atoms with E-state index >= 15 is 0 Å². The molecule has 0 spiro atoms. The van der Waals surface area contributed by atoms with Crippen molar-refractivity contribution >= 4 is 17.5 Å². The summed E-state index contributed by atoms with van der Waals surface area (Å²) in [4.78, 5) is 41.5. The Labute approximate surface area is 257 Å². The minimum atomic E-state index is -1.66. The highest BCUT2D eigenvalue weighted by Crippen LogP contribution is 2.75. The van der Waals surface area contributed by atoms with Crippen LogP contribution in [0.2, 0.25) is 0 Å². The third-order valence-corrected chi connectivity index (χ3v) is 13.9. The number of allylic oxidation sites excluding steroid dienone is 3. The Bertz CT molecular complexity index is 1360. The van der Waals surface area contributed by atoms with Gasteiger partial charge in [0.05, 0.1) is 11.7 Å². The first kappa shape index (κ1) is 32.1. The average Bonchev–Trinajstić information content (AvgIpc) is 2.94. The van der Waals surface area contributed by atoms with Crippen LogP contribution in [0.15, 0.2) is 23.3 Å². The Morgan fingerprint density at radius 3 is 2.33 bits per heavy atom. The molecule has 3 fully saturated rings. The second kappa shape index (κ2) is 9.85. The summed E-state index contributed by atoms with van der Waals surface area (Å²) in [5.74, 6) is -1.04. The first-order valence-electron chi connectivity index (χ1n) is 16.4. The van der Waals surface area contributed by atoms with Gasteiger partial charge in [-0.05, 0) is 79.8 Å². The fraction of sp³-hybridized carbons (Fsp3) is 0.778. The number of hydrogen-bond acceptors (Lipinski definition) is 6. The summed E-state index contributed by atoms with van der Waals surface area (Å²) >= 11 is 0. The van der Waals surface area contributed by atoms with E-state index < -0.39 is 44.7 Å². The number of rotatable bonds is 5. The van der Waals surface area contributed by atoms with Crippen LogP contribution in [-0.4, -0.2) is 45.9 Å². The molecule has 9 atom stereocenters. The third-order valence-electron chi connectivity index (χ3n) is 13.9. The topological polar surface area (TPSA) is 127 Å². The van der Waals surface area contributed by atoms with Crippen molar-refractivity contribution in [2.75, 3.05) is 6.54 Å². The molecule has 0 aliphatic heterocycles. The van der Waals surface area contributed by atoms with Gasteiger partial charge in [-0.3, -0.25) is 14.4 Å². The predicted molar refractivity (Wildman–Crippen MR) is 164 cm³/mol. The van der Waals surface area contributed by atoms with Crippen LogP contribution in [0.3, 0.4) is 0 Å². The van der Waals surface area contributed by atoms with Crippen LogP contribution in [0, 0.1) is 55.7 Å². The lowest BCUT2D eigenvalue weighted by molar-refractivity contribution is -0.242. The molecular weight excluding hydrogens is 540 g/mol. The van der Waals surface area contributed by atoms with Gasteiger partial charge in [-0.15, -0.1) is 0 Å². The highest BCUT2D eigenvalue weighted by molar-refractivity contribution is 6.05. The molecule has 3 saturated carbocycles. The van der Waals surface area contributed by atoms with Gasteiger partial charge >= 0.3 is 0 Å². The van der Waals surface area contributed by atoms with Crippen molar-refractivity contribution in [1.82, 2.24) is 5.32 Å². The van der Waals surface area contributed by atoms with Gasteiger partial charge < -0.3 is 15.5 Å². The zero-order valence-electron chi connectivity index (χ0n) is 27.5. The Hall–Kier alpha value is -2.30. The molecule has 5 aliphatic rings. The van der Waals surface area contributed by atoms with Gasteiger partial charge in [-0.25, -0.2) is 0 Å². The van der Waals surface area contributed by atoms with Crippen LogP contribution < -0.4 is 5.32 Å². The number of nitrogens with one attached hydrogen (secondary N) is 1. The summed E-state index contributed by atoms with van der Waals surface area (Å²) in [6.45, 7) is 16.5. The molecular formula is C36H52N2O5. The van der Waals surface area contributed by atoms with E-state index in [1.807, 2.05) is 33.8 Å². The van der Waals surface area contributed by atoms with Crippen LogP contribution in [0.5, 0.6) is 0 Å².